The zero-order valence-electron chi connectivity index (χ0n) is 16.1. The number of nitrogens with zero attached hydrogens (tertiary/aromatic N) is 3. The highest BCUT2D eigenvalue weighted by Crippen LogP contribution is 2.22. The van der Waals surface area contributed by atoms with Crippen molar-refractivity contribution in [2.24, 2.45) is 11.7 Å². The summed E-state index contributed by atoms with van der Waals surface area (Å²) in [5.41, 5.74) is 9.43. The Morgan fingerprint density at radius 2 is 2.07 bits per heavy atom. The van der Waals surface area contributed by atoms with E-state index in [1.807, 2.05) is 28.8 Å². The van der Waals surface area contributed by atoms with Gasteiger partial charge in [-0.1, -0.05) is 36.8 Å². The molecule has 1 amide bonds. The number of hydrogen-bond acceptors (Lipinski definition) is 4. The third kappa shape index (κ3) is 4.39. The van der Waals surface area contributed by atoms with E-state index in [0.717, 1.165) is 49.8 Å². The van der Waals surface area contributed by atoms with Gasteiger partial charge in [0.1, 0.15) is 5.52 Å². The number of amides is 1. The lowest BCUT2D eigenvalue weighted by atomic mass is 9.86. The molecule has 1 aromatic carbocycles. The summed E-state index contributed by atoms with van der Waals surface area (Å²) in [6, 6.07) is 12.4. The number of pyridine rings is 1. The highest BCUT2D eigenvalue weighted by molar-refractivity contribution is 5.96. The third-order valence-corrected chi connectivity index (χ3v) is 5.58. The molecule has 2 atom stereocenters. The first-order valence-electron chi connectivity index (χ1n) is 10.1. The summed E-state index contributed by atoms with van der Waals surface area (Å²) in [7, 11) is 0. The van der Waals surface area contributed by atoms with Crippen molar-refractivity contribution in [2.75, 3.05) is 6.54 Å². The zero-order valence-corrected chi connectivity index (χ0v) is 16.1. The summed E-state index contributed by atoms with van der Waals surface area (Å²) in [4.78, 5) is 21.5. The van der Waals surface area contributed by atoms with Crippen LogP contribution in [0.2, 0.25) is 0 Å². The molecule has 3 aromatic rings. The quantitative estimate of drug-likeness (QED) is 0.692. The number of benzene rings is 1. The molecule has 1 aliphatic rings. The van der Waals surface area contributed by atoms with Gasteiger partial charge in [-0.15, -0.1) is 0 Å². The average molecular weight is 377 g/mol. The Morgan fingerprint density at radius 1 is 1.21 bits per heavy atom. The number of carbonyl (C=O) groups excluding carboxylic acids is 1. The van der Waals surface area contributed by atoms with Crippen LogP contribution >= 0.6 is 0 Å². The first-order valence-corrected chi connectivity index (χ1v) is 10.1. The van der Waals surface area contributed by atoms with Gasteiger partial charge in [-0.05, 0) is 43.2 Å². The van der Waals surface area contributed by atoms with Crippen molar-refractivity contribution >= 4 is 17.1 Å². The zero-order chi connectivity index (χ0) is 19.3. The molecule has 1 saturated carbocycles. The average Bonchev–Trinajstić information content (AvgIpc) is 3.13. The molecule has 3 N–H and O–H groups in total. The van der Waals surface area contributed by atoms with E-state index in [9.17, 15) is 4.79 Å². The standard InChI is InChI=1S/C22H27N5O/c23-19-8-4-7-17(11-19)13-25-22(28)18-12-20-21(24-14-18)27(15-26-20)10-9-16-5-2-1-3-6-16/h1-3,5-6,12,14-15,17,19H,4,7-11,13,23H2,(H,25,28)/t17-,19+/m1/s1. The van der Waals surface area contributed by atoms with Crippen molar-refractivity contribution in [2.45, 2.75) is 44.7 Å². The van der Waals surface area contributed by atoms with Crippen molar-refractivity contribution in [3.05, 3.63) is 60.0 Å². The predicted molar refractivity (Wildman–Crippen MR) is 110 cm³/mol. The van der Waals surface area contributed by atoms with Crippen LogP contribution in [0.4, 0.5) is 0 Å². The number of rotatable bonds is 6. The second-order valence-corrected chi connectivity index (χ2v) is 7.74. The van der Waals surface area contributed by atoms with Crippen LogP contribution in [0, 0.1) is 5.92 Å². The van der Waals surface area contributed by atoms with Gasteiger partial charge in [0, 0.05) is 25.3 Å². The third-order valence-electron chi connectivity index (χ3n) is 5.58. The van der Waals surface area contributed by atoms with Crippen LogP contribution in [-0.2, 0) is 13.0 Å². The summed E-state index contributed by atoms with van der Waals surface area (Å²) in [6.45, 7) is 1.48. The number of imidazole rings is 1. The van der Waals surface area contributed by atoms with Gasteiger partial charge in [0.15, 0.2) is 5.65 Å². The van der Waals surface area contributed by atoms with Crippen LogP contribution in [0.25, 0.3) is 11.2 Å². The van der Waals surface area contributed by atoms with Crippen LogP contribution < -0.4 is 11.1 Å². The fourth-order valence-corrected chi connectivity index (χ4v) is 3.99. The van der Waals surface area contributed by atoms with Gasteiger partial charge >= 0.3 is 0 Å². The normalized spacial score (nSPS) is 19.6. The van der Waals surface area contributed by atoms with Crippen LogP contribution in [0.15, 0.2) is 48.9 Å². The summed E-state index contributed by atoms with van der Waals surface area (Å²) in [5, 5.41) is 3.04. The van der Waals surface area contributed by atoms with Gasteiger partial charge in [0.2, 0.25) is 0 Å². The highest BCUT2D eigenvalue weighted by Gasteiger charge is 2.20. The molecule has 2 heterocycles. The second-order valence-electron chi connectivity index (χ2n) is 7.74. The number of aryl methyl sites for hydroxylation is 2. The van der Waals surface area contributed by atoms with Crippen molar-refractivity contribution in [3.63, 3.8) is 0 Å². The maximum atomic E-state index is 12.5. The minimum atomic E-state index is -0.0904. The number of hydrogen-bond donors (Lipinski definition) is 2. The van der Waals surface area contributed by atoms with E-state index in [1.54, 1.807) is 12.5 Å². The Balaban J connectivity index is 1.38. The molecule has 0 aliphatic heterocycles. The molecule has 0 saturated heterocycles. The molecule has 0 bridgehead atoms. The molecule has 0 radical (unpaired) electrons. The van der Waals surface area contributed by atoms with E-state index in [4.69, 9.17) is 5.73 Å². The van der Waals surface area contributed by atoms with Crippen LogP contribution in [0.3, 0.4) is 0 Å². The Hall–Kier alpha value is -2.73. The summed E-state index contributed by atoms with van der Waals surface area (Å²) in [5.74, 6) is 0.383. The molecular weight excluding hydrogens is 350 g/mol. The fourth-order valence-electron chi connectivity index (χ4n) is 3.99. The van der Waals surface area contributed by atoms with Gasteiger partial charge in [-0.2, -0.15) is 0 Å². The minimum Gasteiger partial charge on any atom is -0.352 e. The van der Waals surface area contributed by atoms with E-state index < -0.39 is 0 Å². The van der Waals surface area contributed by atoms with E-state index in [1.165, 1.54) is 5.56 Å². The molecule has 0 spiro atoms. The lowest BCUT2D eigenvalue weighted by Crippen LogP contribution is -2.35. The molecule has 6 heteroatoms. The van der Waals surface area contributed by atoms with Gasteiger partial charge in [0.25, 0.3) is 5.91 Å². The van der Waals surface area contributed by atoms with E-state index in [0.29, 0.717) is 18.0 Å². The maximum Gasteiger partial charge on any atom is 0.252 e. The van der Waals surface area contributed by atoms with Crippen LogP contribution in [0.5, 0.6) is 0 Å². The fraction of sp³-hybridized carbons (Fsp3) is 0.409. The van der Waals surface area contributed by atoms with Crippen molar-refractivity contribution in [1.29, 1.82) is 0 Å². The van der Waals surface area contributed by atoms with E-state index >= 15 is 0 Å². The van der Waals surface area contributed by atoms with Crippen molar-refractivity contribution in [1.82, 2.24) is 19.9 Å². The molecule has 1 fully saturated rings. The van der Waals surface area contributed by atoms with E-state index in [-0.39, 0.29) is 11.9 Å². The molecule has 28 heavy (non-hydrogen) atoms. The van der Waals surface area contributed by atoms with Crippen LogP contribution in [-0.4, -0.2) is 33.0 Å². The largest absolute Gasteiger partial charge is 0.352 e. The smallest absolute Gasteiger partial charge is 0.252 e. The lowest BCUT2D eigenvalue weighted by molar-refractivity contribution is 0.0942. The molecule has 1 aliphatic carbocycles. The number of nitrogens with one attached hydrogen (secondary N) is 1. The first kappa shape index (κ1) is 18.6. The first-order chi connectivity index (χ1) is 13.7. The number of fused-ring (bicyclic) bond motifs is 1. The molecule has 6 nitrogen and oxygen atoms in total. The Kier molecular flexibility index (Phi) is 5.67. The van der Waals surface area contributed by atoms with Crippen molar-refractivity contribution < 1.29 is 4.79 Å². The monoisotopic (exact) mass is 377 g/mol. The SMILES string of the molecule is N[C@H]1CCC[C@@H](CNC(=O)c2cnc3c(c2)ncn3CCc2ccccc2)C1. The highest BCUT2D eigenvalue weighted by atomic mass is 16.1. The molecule has 2 aromatic heterocycles. The number of carbonyl (C=O) groups is 1. The van der Waals surface area contributed by atoms with Crippen molar-refractivity contribution in [3.8, 4) is 0 Å². The Morgan fingerprint density at radius 3 is 2.89 bits per heavy atom. The number of nitrogens with two attached hydrogens (primary N) is 1. The van der Waals surface area contributed by atoms with E-state index in [2.05, 4.69) is 27.4 Å². The Bertz CT molecular complexity index is 937. The van der Waals surface area contributed by atoms with Gasteiger partial charge in [0.05, 0.1) is 11.9 Å². The Labute approximate surface area is 165 Å². The number of aromatic nitrogens is 3. The van der Waals surface area contributed by atoms with Crippen LogP contribution in [0.1, 0.15) is 41.6 Å². The topological polar surface area (TPSA) is 85.8 Å². The summed E-state index contributed by atoms with van der Waals surface area (Å²) < 4.78 is 2.04. The summed E-state index contributed by atoms with van der Waals surface area (Å²) in [6.07, 6.45) is 8.73. The van der Waals surface area contributed by atoms with Gasteiger partial charge in [-0.25, -0.2) is 9.97 Å². The van der Waals surface area contributed by atoms with Gasteiger partial charge in [-0.3, -0.25) is 4.79 Å². The molecule has 4 rings (SSSR count). The lowest BCUT2D eigenvalue weighted by Gasteiger charge is -2.26. The summed E-state index contributed by atoms with van der Waals surface area (Å²) >= 11 is 0. The molecule has 146 valence electrons. The second kappa shape index (κ2) is 8.52. The molecule has 0 unspecified atom stereocenters. The predicted octanol–water partition coefficient (Wildman–Crippen LogP) is 2.92. The molecular formula is C22H27N5O. The minimum absolute atomic E-state index is 0.0904. The van der Waals surface area contributed by atoms with Gasteiger partial charge < -0.3 is 15.6 Å². The maximum absolute atomic E-state index is 12.5.